The van der Waals surface area contributed by atoms with Gasteiger partial charge >= 0.3 is 11.9 Å². The maximum absolute atomic E-state index is 13.8. The number of sulfonamides is 1. The molecule has 48 heavy (non-hydrogen) atoms. The van der Waals surface area contributed by atoms with Gasteiger partial charge in [-0.25, -0.2) is 13.2 Å². The fraction of sp³-hybridized carbons (Fsp3) is 0.484. The Morgan fingerprint density at radius 1 is 1.10 bits per heavy atom. The summed E-state index contributed by atoms with van der Waals surface area (Å²) in [6.45, 7) is 2.86. The van der Waals surface area contributed by atoms with Gasteiger partial charge in [-0.05, 0) is 54.5 Å². The van der Waals surface area contributed by atoms with Crippen molar-refractivity contribution in [3.8, 4) is 0 Å². The Balaban J connectivity index is 0.00000148. The summed E-state index contributed by atoms with van der Waals surface area (Å²) in [5, 5.41) is 17.8. The Hall–Kier alpha value is -4.77. The number of nitrogens with zero attached hydrogens (tertiary/aromatic N) is 3. The molecule has 1 saturated carbocycles. The van der Waals surface area contributed by atoms with Crippen LogP contribution in [0.4, 0.5) is 0 Å². The first kappa shape index (κ1) is 37.7. The number of fused-ring (bicyclic) bond motifs is 1. The van der Waals surface area contributed by atoms with Crippen LogP contribution in [0, 0.1) is 5.92 Å². The average molecular weight is 690 g/mol. The number of hydrogen-bond donors (Lipinski definition) is 5. The highest BCUT2D eigenvalue weighted by Crippen LogP contribution is 2.28. The molecule has 2 atom stereocenters. The van der Waals surface area contributed by atoms with Crippen molar-refractivity contribution in [1.29, 1.82) is 0 Å². The smallest absolute Gasteiger partial charge is 0.396 e. The lowest BCUT2D eigenvalue weighted by molar-refractivity contribution is -0.152. The molecule has 2 aromatic carbocycles. The van der Waals surface area contributed by atoms with Crippen LogP contribution in [0.25, 0.3) is 10.8 Å². The molecule has 0 bridgehead atoms. The molecule has 2 aromatic rings. The zero-order valence-corrected chi connectivity index (χ0v) is 27.8. The maximum atomic E-state index is 13.8. The van der Waals surface area contributed by atoms with Crippen molar-refractivity contribution in [2.75, 3.05) is 39.8 Å². The molecule has 6 N–H and O–H groups in total. The van der Waals surface area contributed by atoms with Gasteiger partial charge in [0.2, 0.25) is 21.8 Å². The van der Waals surface area contributed by atoms with E-state index in [2.05, 4.69) is 25.2 Å². The molecule has 0 aromatic heterocycles. The lowest BCUT2D eigenvalue weighted by Gasteiger charge is -2.31. The number of methoxy groups -OCH3 is 1. The van der Waals surface area contributed by atoms with Crippen molar-refractivity contribution in [3.05, 3.63) is 42.5 Å². The molecule has 0 unspecified atom stereocenters. The van der Waals surface area contributed by atoms with Gasteiger partial charge in [-0.1, -0.05) is 30.3 Å². The summed E-state index contributed by atoms with van der Waals surface area (Å²) in [7, 11) is -3.14. The number of nitrogens with one attached hydrogen (secondary N) is 3. The summed E-state index contributed by atoms with van der Waals surface area (Å²) >= 11 is 0. The molecule has 3 amide bonds. The number of hydrogen-bond acceptors (Lipinski definition) is 10. The number of rotatable bonds is 13. The molecule has 2 aliphatic rings. The van der Waals surface area contributed by atoms with E-state index < -0.39 is 52.1 Å². The number of nitrogens with two attached hydrogens (primary N) is 1. The minimum absolute atomic E-state index is 0.0165. The quantitative estimate of drug-likeness (QED) is 0.0469. The van der Waals surface area contributed by atoms with Gasteiger partial charge in [-0.2, -0.15) is 9.82 Å². The Kier molecular flexibility index (Phi) is 14.1. The van der Waals surface area contributed by atoms with Gasteiger partial charge < -0.3 is 36.1 Å². The van der Waals surface area contributed by atoms with E-state index in [0.717, 1.165) is 38.8 Å². The Labute approximate surface area is 279 Å². The average Bonchev–Trinajstić information content (AvgIpc) is 3.90. The second kappa shape index (κ2) is 18.0. The zero-order valence-electron chi connectivity index (χ0n) is 27.0. The summed E-state index contributed by atoms with van der Waals surface area (Å²) in [6.07, 6.45) is 4.31. The Bertz CT molecular complexity index is 1590. The number of piperidine rings is 1. The normalized spacial score (nSPS) is 16.7. The minimum Gasteiger partial charge on any atom is -0.481 e. The van der Waals surface area contributed by atoms with Gasteiger partial charge in [0.1, 0.15) is 12.4 Å². The van der Waals surface area contributed by atoms with Gasteiger partial charge in [0.25, 0.3) is 5.97 Å². The van der Waals surface area contributed by atoms with E-state index in [1.807, 2.05) is 17.0 Å². The van der Waals surface area contributed by atoms with E-state index in [4.69, 9.17) is 15.7 Å². The van der Waals surface area contributed by atoms with Crippen molar-refractivity contribution < 1.29 is 42.2 Å². The Morgan fingerprint density at radius 2 is 1.79 bits per heavy atom. The van der Waals surface area contributed by atoms with E-state index in [9.17, 15) is 27.6 Å². The van der Waals surface area contributed by atoms with E-state index in [1.54, 1.807) is 24.5 Å². The first-order chi connectivity index (χ1) is 22.8. The van der Waals surface area contributed by atoms with Crippen LogP contribution in [-0.4, -0.2) is 111 Å². The molecule has 16 nitrogen and oxygen atoms in total. The SMILES string of the molecule is CC(=O)O.COC(=O)C(=O)NCCN(C(=O)[C@H](CC(=O)NC[C@@H]1CCCN(C=NN)C1)NS(=O)(=O)c1ccc2ccccc2c1)C1CC1. The lowest BCUT2D eigenvalue weighted by atomic mass is 9.98. The predicted molar refractivity (Wildman–Crippen MR) is 176 cm³/mol. The maximum Gasteiger partial charge on any atom is 0.396 e. The molecular weight excluding hydrogens is 646 g/mol. The lowest BCUT2D eigenvalue weighted by Crippen LogP contribution is -2.53. The largest absolute Gasteiger partial charge is 0.481 e. The van der Waals surface area contributed by atoms with Gasteiger partial charge in [-0.15, -0.1) is 0 Å². The number of aliphatic carboxylic acids is 1. The first-order valence-corrected chi connectivity index (χ1v) is 16.9. The van der Waals surface area contributed by atoms with Crippen molar-refractivity contribution in [3.63, 3.8) is 0 Å². The number of hydrazone groups is 1. The molecule has 1 heterocycles. The third kappa shape index (κ3) is 11.8. The van der Waals surface area contributed by atoms with Crippen LogP contribution >= 0.6 is 0 Å². The fourth-order valence-electron chi connectivity index (χ4n) is 5.26. The third-order valence-corrected chi connectivity index (χ3v) is 9.13. The Morgan fingerprint density at radius 3 is 2.44 bits per heavy atom. The molecular formula is C31H43N7O9S. The van der Waals surface area contributed by atoms with Gasteiger partial charge in [0.05, 0.1) is 18.4 Å². The van der Waals surface area contributed by atoms with E-state index >= 15 is 0 Å². The van der Waals surface area contributed by atoms with E-state index in [0.29, 0.717) is 31.3 Å². The van der Waals surface area contributed by atoms with Crippen molar-refractivity contribution in [2.24, 2.45) is 16.9 Å². The summed E-state index contributed by atoms with van der Waals surface area (Å²) in [5.41, 5.74) is 0. The van der Waals surface area contributed by atoms with Gasteiger partial charge in [0.15, 0.2) is 0 Å². The van der Waals surface area contributed by atoms with Crippen LogP contribution in [0.2, 0.25) is 0 Å². The van der Waals surface area contributed by atoms with Gasteiger partial charge in [0, 0.05) is 45.7 Å². The summed E-state index contributed by atoms with van der Waals surface area (Å²) < 4.78 is 34.0. The highest BCUT2D eigenvalue weighted by Gasteiger charge is 2.38. The van der Waals surface area contributed by atoms with Crippen molar-refractivity contribution in [2.45, 2.75) is 56.0 Å². The fourth-order valence-corrected chi connectivity index (χ4v) is 6.49. The predicted octanol–water partition coefficient (Wildman–Crippen LogP) is -0.0219. The molecule has 2 fully saturated rings. The summed E-state index contributed by atoms with van der Waals surface area (Å²) in [5.74, 6) is 1.47. The number of carbonyl (C=O) groups excluding carboxylic acids is 4. The first-order valence-electron chi connectivity index (χ1n) is 15.5. The number of benzene rings is 2. The number of carboxylic acids is 1. The molecule has 0 spiro atoms. The molecule has 17 heteroatoms. The second-order valence-corrected chi connectivity index (χ2v) is 13.2. The molecule has 262 valence electrons. The van der Waals surface area contributed by atoms with Crippen LogP contribution in [-0.2, 0) is 38.7 Å². The number of likely N-dealkylation sites (tertiary alicyclic amines) is 1. The van der Waals surface area contributed by atoms with Crippen LogP contribution in [0.3, 0.4) is 0 Å². The monoisotopic (exact) mass is 689 g/mol. The number of esters is 1. The van der Waals surface area contributed by atoms with Gasteiger partial charge in [-0.3, -0.25) is 19.2 Å². The van der Waals surface area contributed by atoms with Crippen molar-refractivity contribution in [1.82, 2.24) is 25.2 Å². The molecule has 1 saturated heterocycles. The standard InChI is InChI=1S/C29H39N7O7S.C2H4O2/c1-43-29(40)27(38)31-12-14-36(23-9-10-23)28(39)25(16-26(37)32-17-20-5-4-13-35(18-20)19-33-30)34-44(41,42)24-11-8-21-6-2-3-7-22(21)15-24;1-2(3)4/h2-3,6-8,11,15,19-20,23,25,34H,4-5,9-10,12-14,16-18,30H2,1H3,(H,31,38)(H,32,37);1H3,(H,3,4)/t20-,25-;/m0./s1. The van der Waals surface area contributed by atoms with Crippen molar-refractivity contribution >= 4 is 56.8 Å². The zero-order chi connectivity index (χ0) is 35.3. The molecule has 1 aliphatic heterocycles. The molecule has 0 radical (unpaired) electrons. The number of amides is 3. The third-order valence-electron chi connectivity index (χ3n) is 7.66. The molecule has 1 aliphatic carbocycles. The van der Waals surface area contributed by atoms with Crippen LogP contribution in [0.5, 0.6) is 0 Å². The number of carboxylic acid groups (broad SMARTS) is 1. The number of carbonyl (C=O) groups is 5. The summed E-state index contributed by atoms with van der Waals surface area (Å²) in [4.78, 5) is 62.6. The van der Waals surface area contributed by atoms with E-state index in [-0.39, 0.29) is 29.9 Å². The van der Waals surface area contributed by atoms with E-state index in [1.165, 1.54) is 17.0 Å². The highest BCUT2D eigenvalue weighted by atomic mass is 32.2. The van der Waals surface area contributed by atoms with Crippen LogP contribution in [0.15, 0.2) is 52.5 Å². The highest BCUT2D eigenvalue weighted by molar-refractivity contribution is 7.89. The summed E-state index contributed by atoms with van der Waals surface area (Å²) in [6, 6.07) is 10.3. The minimum atomic E-state index is -4.22. The van der Waals surface area contributed by atoms with Crippen LogP contribution in [0.1, 0.15) is 39.0 Å². The number of ether oxygens (including phenoxy) is 1. The molecule has 4 rings (SSSR count). The second-order valence-electron chi connectivity index (χ2n) is 11.5. The van der Waals surface area contributed by atoms with Crippen LogP contribution < -0.4 is 21.2 Å². The topological polar surface area (TPSA) is 230 Å².